The Hall–Kier alpha value is -1.49. The van der Waals surface area contributed by atoms with E-state index in [1.54, 1.807) is 17.8 Å². The number of hydrogen-bond acceptors (Lipinski definition) is 3. The van der Waals surface area contributed by atoms with Gasteiger partial charge in [0.15, 0.2) is 0 Å². The first kappa shape index (κ1) is 19.3. The van der Waals surface area contributed by atoms with E-state index in [-0.39, 0.29) is 12.0 Å². The summed E-state index contributed by atoms with van der Waals surface area (Å²) in [6.45, 7) is 1.21. The third-order valence-electron chi connectivity index (χ3n) is 4.66. The minimum absolute atomic E-state index is 0.131. The second-order valence-electron chi connectivity index (χ2n) is 6.41. The molecule has 0 aliphatic heterocycles. The SMILES string of the molecule is CSc1ccc(Cl)c(C(=O)NCCCOC2CCCc3ccccc32)c1. The van der Waals surface area contributed by atoms with Crippen molar-refractivity contribution in [2.24, 2.45) is 0 Å². The lowest BCUT2D eigenvalue weighted by molar-refractivity contribution is 0.0393. The number of thioether (sulfide) groups is 1. The smallest absolute Gasteiger partial charge is 0.252 e. The van der Waals surface area contributed by atoms with Crippen molar-refractivity contribution in [3.63, 3.8) is 0 Å². The van der Waals surface area contributed by atoms with Crippen molar-refractivity contribution >= 4 is 29.3 Å². The summed E-state index contributed by atoms with van der Waals surface area (Å²) in [5.74, 6) is -0.131. The maximum Gasteiger partial charge on any atom is 0.252 e. The largest absolute Gasteiger partial charge is 0.373 e. The van der Waals surface area contributed by atoms with Crippen LogP contribution < -0.4 is 5.32 Å². The van der Waals surface area contributed by atoms with Crippen LogP contribution in [0.3, 0.4) is 0 Å². The third kappa shape index (κ3) is 4.81. The number of fused-ring (bicyclic) bond motifs is 1. The Kier molecular flexibility index (Phi) is 7.00. The normalized spacial score (nSPS) is 16.2. The number of rotatable bonds is 7. The second kappa shape index (κ2) is 9.45. The van der Waals surface area contributed by atoms with Crippen LogP contribution >= 0.6 is 23.4 Å². The van der Waals surface area contributed by atoms with Gasteiger partial charge in [-0.15, -0.1) is 11.8 Å². The van der Waals surface area contributed by atoms with Crippen LogP contribution in [0, 0.1) is 0 Å². The van der Waals surface area contributed by atoms with Crippen LogP contribution in [0.2, 0.25) is 5.02 Å². The van der Waals surface area contributed by atoms with E-state index < -0.39 is 0 Å². The molecule has 1 amide bonds. The number of amides is 1. The second-order valence-corrected chi connectivity index (χ2v) is 7.69. The number of hydrogen-bond donors (Lipinski definition) is 1. The standard InChI is InChI=1S/C21H24ClNO2S/c1-26-16-10-11-19(22)18(14-16)21(24)23-12-5-13-25-20-9-4-7-15-6-2-3-8-17(15)20/h2-3,6,8,10-11,14,20H,4-5,7,9,12-13H2,1H3,(H,23,24). The average Bonchev–Trinajstić information content (AvgIpc) is 2.68. The molecule has 0 bridgehead atoms. The highest BCUT2D eigenvalue weighted by molar-refractivity contribution is 7.98. The highest BCUT2D eigenvalue weighted by atomic mass is 35.5. The zero-order chi connectivity index (χ0) is 18.4. The summed E-state index contributed by atoms with van der Waals surface area (Å²) in [7, 11) is 0. The highest BCUT2D eigenvalue weighted by Crippen LogP contribution is 2.32. The van der Waals surface area contributed by atoms with Crippen LogP contribution in [-0.2, 0) is 11.2 Å². The van der Waals surface area contributed by atoms with Gasteiger partial charge in [-0.2, -0.15) is 0 Å². The molecule has 0 fully saturated rings. The van der Waals surface area contributed by atoms with Crippen LogP contribution in [0.4, 0.5) is 0 Å². The van der Waals surface area contributed by atoms with Gasteiger partial charge in [0.25, 0.3) is 5.91 Å². The van der Waals surface area contributed by atoms with Crippen LogP contribution in [0.15, 0.2) is 47.4 Å². The third-order valence-corrected chi connectivity index (χ3v) is 5.71. The first-order valence-corrected chi connectivity index (χ1v) is 10.6. The van der Waals surface area contributed by atoms with Crippen LogP contribution in [0.5, 0.6) is 0 Å². The van der Waals surface area contributed by atoms with Crippen molar-refractivity contribution in [1.29, 1.82) is 0 Å². The first-order chi connectivity index (χ1) is 12.7. The zero-order valence-electron chi connectivity index (χ0n) is 15.0. The van der Waals surface area contributed by atoms with E-state index in [0.29, 0.717) is 23.7 Å². The lowest BCUT2D eigenvalue weighted by Crippen LogP contribution is -2.26. The minimum atomic E-state index is -0.131. The van der Waals surface area contributed by atoms with Gasteiger partial charge in [-0.3, -0.25) is 4.79 Å². The lowest BCUT2D eigenvalue weighted by atomic mass is 9.89. The van der Waals surface area contributed by atoms with E-state index >= 15 is 0 Å². The Morgan fingerprint density at radius 2 is 2.15 bits per heavy atom. The van der Waals surface area contributed by atoms with Gasteiger partial charge >= 0.3 is 0 Å². The Labute approximate surface area is 164 Å². The lowest BCUT2D eigenvalue weighted by Gasteiger charge is -2.25. The zero-order valence-corrected chi connectivity index (χ0v) is 16.5. The molecular weight excluding hydrogens is 366 g/mol. The van der Waals surface area contributed by atoms with Gasteiger partial charge in [0.2, 0.25) is 0 Å². The summed E-state index contributed by atoms with van der Waals surface area (Å²) in [6.07, 6.45) is 6.32. The van der Waals surface area contributed by atoms with Gasteiger partial charge in [0.05, 0.1) is 16.7 Å². The van der Waals surface area contributed by atoms with Crippen LogP contribution in [-0.4, -0.2) is 25.3 Å². The fraction of sp³-hybridized carbons (Fsp3) is 0.381. The maximum atomic E-state index is 12.3. The van der Waals surface area contributed by atoms with Gasteiger partial charge in [0.1, 0.15) is 0 Å². The molecule has 0 spiro atoms. The van der Waals surface area contributed by atoms with Gasteiger partial charge in [-0.25, -0.2) is 0 Å². The number of carbonyl (C=O) groups excluding carboxylic acids is 1. The van der Waals surface area contributed by atoms with Crippen molar-refractivity contribution in [2.75, 3.05) is 19.4 Å². The summed E-state index contributed by atoms with van der Waals surface area (Å²) < 4.78 is 6.08. The predicted octanol–water partition coefficient (Wildman–Crippen LogP) is 5.28. The van der Waals surface area contributed by atoms with E-state index in [9.17, 15) is 4.79 Å². The van der Waals surface area contributed by atoms with E-state index in [1.807, 2.05) is 18.4 Å². The summed E-state index contributed by atoms with van der Waals surface area (Å²) >= 11 is 7.74. The Balaban J connectivity index is 1.44. The number of ether oxygens (including phenoxy) is 1. The maximum absolute atomic E-state index is 12.3. The first-order valence-electron chi connectivity index (χ1n) is 9.00. The molecule has 1 aliphatic carbocycles. The van der Waals surface area contributed by atoms with Crippen molar-refractivity contribution in [3.8, 4) is 0 Å². The molecule has 0 aromatic heterocycles. The number of benzene rings is 2. The summed E-state index contributed by atoms with van der Waals surface area (Å²) in [6, 6.07) is 14.0. The van der Waals surface area contributed by atoms with Crippen LogP contribution in [0.25, 0.3) is 0 Å². The molecule has 2 aromatic rings. The predicted molar refractivity (Wildman–Crippen MR) is 108 cm³/mol. The molecule has 5 heteroatoms. The fourth-order valence-corrected chi connectivity index (χ4v) is 3.93. The van der Waals surface area contributed by atoms with Crippen molar-refractivity contribution in [3.05, 3.63) is 64.2 Å². The number of carbonyl (C=O) groups is 1. The van der Waals surface area contributed by atoms with E-state index in [0.717, 1.165) is 24.2 Å². The Morgan fingerprint density at radius 1 is 1.31 bits per heavy atom. The number of halogens is 1. The van der Waals surface area contributed by atoms with Crippen LogP contribution in [0.1, 0.15) is 46.9 Å². The van der Waals surface area contributed by atoms with E-state index in [2.05, 4.69) is 29.6 Å². The molecule has 2 aromatic carbocycles. The fourth-order valence-electron chi connectivity index (χ4n) is 3.28. The molecule has 3 nitrogen and oxygen atoms in total. The Morgan fingerprint density at radius 3 is 3.00 bits per heavy atom. The van der Waals surface area contributed by atoms with E-state index in [4.69, 9.17) is 16.3 Å². The van der Waals surface area contributed by atoms with Gasteiger partial charge in [-0.1, -0.05) is 35.9 Å². The minimum Gasteiger partial charge on any atom is -0.373 e. The molecule has 3 rings (SSSR count). The van der Waals surface area contributed by atoms with Crippen molar-refractivity contribution in [1.82, 2.24) is 5.32 Å². The molecule has 1 N–H and O–H groups in total. The van der Waals surface area contributed by atoms with Gasteiger partial charge in [0, 0.05) is 18.0 Å². The highest BCUT2D eigenvalue weighted by Gasteiger charge is 2.20. The summed E-state index contributed by atoms with van der Waals surface area (Å²) in [5.41, 5.74) is 3.25. The van der Waals surface area contributed by atoms with Gasteiger partial charge < -0.3 is 10.1 Å². The number of aryl methyl sites for hydroxylation is 1. The molecule has 0 saturated carbocycles. The van der Waals surface area contributed by atoms with Gasteiger partial charge in [-0.05, 0) is 61.3 Å². The molecule has 138 valence electrons. The molecule has 0 radical (unpaired) electrons. The Bertz CT molecular complexity index is 765. The summed E-state index contributed by atoms with van der Waals surface area (Å²) in [5, 5.41) is 3.42. The molecule has 26 heavy (non-hydrogen) atoms. The monoisotopic (exact) mass is 389 g/mol. The molecule has 0 heterocycles. The molecular formula is C21H24ClNO2S. The van der Waals surface area contributed by atoms with Crippen molar-refractivity contribution < 1.29 is 9.53 Å². The van der Waals surface area contributed by atoms with E-state index in [1.165, 1.54) is 17.5 Å². The molecule has 1 aliphatic rings. The quantitative estimate of drug-likeness (QED) is 0.517. The molecule has 0 saturated heterocycles. The average molecular weight is 390 g/mol. The number of nitrogens with one attached hydrogen (secondary N) is 1. The summed E-state index contributed by atoms with van der Waals surface area (Å²) in [4.78, 5) is 13.3. The molecule has 1 atom stereocenters. The van der Waals surface area contributed by atoms with Crippen molar-refractivity contribution in [2.45, 2.75) is 36.7 Å². The topological polar surface area (TPSA) is 38.3 Å². The molecule has 1 unspecified atom stereocenters.